The van der Waals surface area contributed by atoms with Crippen LogP contribution in [0, 0.1) is 5.41 Å². The van der Waals surface area contributed by atoms with Gasteiger partial charge in [0.25, 0.3) is 0 Å². The van der Waals surface area contributed by atoms with Crippen LogP contribution in [0.25, 0.3) is 0 Å². The van der Waals surface area contributed by atoms with Gasteiger partial charge in [-0.2, -0.15) is 13.2 Å². The molecular formula is C10H10F3N3S. The van der Waals surface area contributed by atoms with Gasteiger partial charge < -0.3 is 10.6 Å². The van der Waals surface area contributed by atoms with Crippen molar-refractivity contribution in [2.45, 2.75) is 6.18 Å². The van der Waals surface area contributed by atoms with Gasteiger partial charge in [-0.15, -0.1) is 0 Å². The molecule has 1 aliphatic rings. The molecule has 0 aliphatic carbocycles. The second-order valence-electron chi connectivity index (χ2n) is 3.58. The van der Waals surface area contributed by atoms with E-state index in [0.717, 1.165) is 17.9 Å². The second kappa shape index (κ2) is 4.14. The first-order valence-electron chi connectivity index (χ1n) is 4.85. The number of benzene rings is 1. The zero-order valence-corrected chi connectivity index (χ0v) is 9.53. The number of nitrogen functional groups attached to an aromatic ring is 1. The van der Waals surface area contributed by atoms with Gasteiger partial charge in [0.05, 0.1) is 16.9 Å². The number of halogens is 3. The Labute approximate surface area is 100 Å². The molecule has 0 atom stereocenters. The van der Waals surface area contributed by atoms with Crippen LogP contribution in [-0.2, 0) is 6.18 Å². The first-order chi connectivity index (χ1) is 7.89. The summed E-state index contributed by atoms with van der Waals surface area (Å²) in [6, 6.07) is 3.21. The molecule has 0 saturated carbocycles. The Bertz CT molecular complexity index is 459. The highest BCUT2D eigenvalue weighted by Crippen LogP contribution is 2.35. The smallest absolute Gasteiger partial charge is 0.397 e. The third-order valence-corrected chi connectivity index (χ3v) is 3.33. The van der Waals surface area contributed by atoms with Crippen molar-refractivity contribution in [3.63, 3.8) is 0 Å². The minimum atomic E-state index is -4.39. The van der Waals surface area contributed by atoms with E-state index in [9.17, 15) is 13.2 Å². The topological polar surface area (TPSA) is 53.1 Å². The highest BCUT2D eigenvalue weighted by molar-refractivity contribution is 8.14. The minimum absolute atomic E-state index is 0.0482. The highest BCUT2D eigenvalue weighted by atomic mass is 32.2. The van der Waals surface area contributed by atoms with E-state index in [1.54, 1.807) is 4.90 Å². The van der Waals surface area contributed by atoms with Gasteiger partial charge in [0, 0.05) is 12.3 Å². The van der Waals surface area contributed by atoms with E-state index < -0.39 is 11.7 Å². The number of amidine groups is 1. The van der Waals surface area contributed by atoms with Crippen molar-refractivity contribution < 1.29 is 13.2 Å². The molecule has 0 aromatic heterocycles. The SMILES string of the molecule is N=C1SCCN1c1ccc(C(F)(F)F)cc1N. The number of thioether (sulfide) groups is 1. The molecule has 0 amide bonds. The van der Waals surface area contributed by atoms with Crippen molar-refractivity contribution in [2.24, 2.45) is 0 Å². The van der Waals surface area contributed by atoms with Crippen LogP contribution >= 0.6 is 11.8 Å². The summed E-state index contributed by atoms with van der Waals surface area (Å²) in [5.41, 5.74) is 5.36. The lowest BCUT2D eigenvalue weighted by Crippen LogP contribution is -2.24. The predicted octanol–water partition coefficient (Wildman–Crippen LogP) is 2.78. The van der Waals surface area contributed by atoms with E-state index in [0.29, 0.717) is 17.4 Å². The van der Waals surface area contributed by atoms with Crippen LogP contribution in [0.4, 0.5) is 24.5 Å². The summed E-state index contributed by atoms with van der Waals surface area (Å²) in [5.74, 6) is 0.749. The maximum atomic E-state index is 12.4. The van der Waals surface area contributed by atoms with Gasteiger partial charge in [-0.05, 0) is 18.2 Å². The van der Waals surface area contributed by atoms with Crippen LogP contribution in [0.5, 0.6) is 0 Å². The average Bonchev–Trinajstić information content (AvgIpc) is 2.63. The van der Waals surface area contributed by atoms with Crippen molar-refractivity contribution in [1.29, 1.82) is 5.41 Å². The zero-order chi connectivity index (χ0) is 12.6. The van der Waals surface area contributed by atoms with E-state index in [1.807, 2.05) is 0 Å². The molecule has 0 bridgehead atoms. The standard InChI is InChI=1S/C10H10F3N3S/c11-10(12,13)6-1-2-8(7(14)5-6)16-3-4-17-9(16)15/h1-2,5,15H,3-4,14H2. The number of nitrogens with zero attached hydrogens (tertiary/aromatic N) is 1. The van der Waals surface area contributed by atoms with E-state index in [2.05, 4.69) is 0 Å². The summed E-state index contributed by atoms with van der Waals surface area (Å²) in [6.45, 7) is 0.596. The highest BCUT2D eigenvalue weighted by Gasteiger charge is 2.31. The van der Waals surface area contributed by atoms with Crippen LogP contribution in [0.3, 0.4) is 0 Å². The molecule has 1 aliphatic heterocycles. The van der Waals surface area contributed by atoms with Gasteiger partial charge in [-0.1, -0.05) is 11.8 Å². The molecule has 1 fully saturated rings. The van der Waals surface area contributed by atoms with Crippen molar-refractivity contribution in [1.82, 2.24) is 0 Å². The Hall–Kier alpha value is -1.37. The van der Waals surface area contributed by atoms with Crippen molar-refractivity contribution in [2.75, 3.05) is 22.9 Å². The van der Waals surface area contributed by atoms with Gasteiger partial charge in [0.15, 0.2) is 5.17 Å². The third-order valence-electron chi connectivity index (χ3n) is 2.44. The lowest BCUT2D eigenvalue weighted by atomic mass is 10.1. The van der Waals surface area contributed by atoms with Crippen LogP contribution in [0.15, 0.2) is 18.2 Å². The van der Waals surface area contributed by atoms with E-state index in [4.69, 9.17) is 11.1 Å². The fourth-order valence-corrected chi connectivity index (χ4v) is 2.43. The quantitative estimate of drug-likeness (QED) is 0.764. The number of rotatable bonds is 1. The first kappa shape index (κ1) is 12.1. The Morgan fingerprint density at radius 2 is 2.06 bits per heavy atom. The molecule has 92 valence electrons. The van der Waals surface area contributed by atoms with E-state index in [1.165, 1.54) is 17.8 Å². The molecule has 1 aromatic rings. The molecular weight excluding hydrogens is 251 g/mol. The second-order valence-corrected chi connectivity index (χ2v) is 4.66. The fourth-order valence-electron chi connectivity index (χ4n) is 1.62. The van der Waals surface area contributed by atoms with Gasteiger partial charge >= 0.3 is 6.18 Å². The Morgan fingerprint density at radius 1 is 1.35 bits per heavy atom. The van der Waals surface area contributed by atoms with Crippen LogP contribution in [-0.4, -0.2) is 17.5 Å². The van der Waals surface area contributed by atoms with E-state index >= 15 is 0 Å². The van der Waals surface area contributed by atoms with Gasteiger partial charge in [-0.25, -0.2) is 0 Å². The van der Waals surface area contributed by atoms with Gasteiger partial charge in [0.2, 0.25) is 0 Å². The molecule has 7 heteroatoms. The summed E-state index contributed by atoms with van der Waals surface area (Å²) < 4.78 is 37.3. The molecule has 17 heavy (non-hydrogen) atoms. The zero-order valence-electron chi connectivity index (χ0n) is 8.71. The summed E-state index contributed by atoms with van der Waals surface area (Å²) in [5, 5.41) is 7.94. The van der Waals surface area contributed by atoms with Gasteiger partial charge in [-0.3, -0.25) is 5.41 Å². The van der Waals surface area contributed by atoms with Crippen LogP contribution in [0.2, 0.25) is 0 Å². The number of nitrogens with two attached hydrogens (primary N) is 1. The van der Waals surface area contributed by atoms with Crippen LogP contribution in [0.1, 0.15) is 5.56 Å². The third kappa shape index (κ3) is 2.33. The molecule has 3 N–H and O–H groups in total. The summed E-state index contributed by atoms with van der Waals surface area (Å²) >= 11 is 1.35. The Morgan fingerprint density at radius 3 is 2.53 bits per heavy atom. The first-order valence-corrected chi connectivity index (χ1v) is 5.84. The Kier molecular flexibility index (Phi) is 2.94. The lowest BCUT2D eigenvalue weighted by molar-refractivity contribution is -0.137. The van der Waals surface area contributed by atoms with E-state index in [-0.39, 0.29) is 5.69 Å². The number of hydrogen-bond acceptors (Lipinski definition) is 3. The lowest BCUT2D eigenvalue weighted by Gasteiger charge is -2.19. The Balaban J connectivity index is 2.35. The fraction of sp³-hybridized carbons (Fsp3) is 0.300. The number of nitrogens with one attached hydrogen (secondary N) is 1. The summed E-state index contributed by atoms with van der Waals surface area (Å²) in [6.07, 6.45) is -4.39. The predicted molar refractivity (Wildman–Crippen MR) is 63.4 cm³/mol. The molecule has 0 spiro atoms. The minimum Gasteiger partial charge on any atom is -0.397 e. The molecule has 1 saturated heterocycles. The molecule has 0 radical (unpaired) electrons. The summed E-state index contributed by atoms with van der Waals surface area (Å²) in [7, 11) is 0. The molecule has 1 heterocycles. The van der Waals surface area contributed by atoms with Gasteiger partial charge in [0.1, 0.15) is 0 Å². The van der Waals surface area contributed by atoms with Crippen molar-refractivity contribution in [3.05, 3.63) is 23.8 Å². The molecule has 2 rings (SSSR count). The van der Waals surface area contributed by atoms with Crippen molar-refractivity contribution >= 4 is 28.3 Å². The maximum Gasteiger partial charge on any atom is 0.416 e. The van der Waals surface area contributed by atoms with Crippen molar-refractivity contribution in [3.8, 4) is 0 Å². The largest absolute Gasteiger partial charge is 0.416 e. The number of anilines is 2. The number of alkyl halides is 3. The summed E-state index contributed by atoms with van der Waals surface area (Å²) in [4.78, 5) is 1.61. The molecule has 1 aromatic carbocycles. The normalized spacial score (nSPS) is 16.6. The monoisotopic (exact) mass is 261 g/mol. The number of hydrogen-bond donors (Lipinski definition) is 2. The molecule has 3 nitrogen and oxygen atoms in total. The van der Waals surface area contributed by atoms with Crippen LogP contribution < -0.4 is 10.6 Å². The average molecular weight is 261 g/mol. The maximum absolute atomic E-state index is 12.4. The molecule has 0 unspecified atom stereocenters.